The third-order valence-electron chi connectivity index (χ3n) is 4.08. The molecule has 0 spiro atoms. The molecule has 17 heavy (non-hydrogen) atoms. The summed E-state index contributed by atoms with van der Waals surface area (Å²) in [6.45, 7) is 4.30. The molecule has 1 N–H and O–H groups in total. The van der Waals surface area contributed by atoms with Gasteiger partial charge in [-0.15, -0.1) is 0 Å². The normalized spacial score (nSPS) is 25.6. The van der Waals surface area contributed by atoms with Crippen LogP contribution in [0.5, 0.6) is 0 Å². The fourth-order valence-electron chi connectivity index (χ4n) is 2.78. The van der Waals surface area contributed by atoms with Gasteiger partial charge in [-0.2, -0.15) is 0 Å². The first-order valence-electron chi connectivity index (χ1n) is 6.89. The molecule has 1 aromatic heterocycles. The second-order valence-electron chi connectivity index (χ2n) is 5.46. The first-order valence-corrected chi connectivity index (χ1v) is 6.89. The van der Waals surface area contributed by atoms with Crippen molar-refractivity contribution in [1.29, 1.82) is 0 Å². The standard InChI is InChI=1S/C14H21N3/c1-10-8-13(11-4-2-5-11)17-14(16-10)12-6-3-7-15-9-12/h8,11-12,15H,2-7,9H2,1H3. The molecule has 1 aliphatic carbocycles. The Morgan fingerprint density at radius 1 is 1.12 bits per heavy atom. The van der Waals surface area contributed by atoms with Crippen LogP contribution >= 0.6 is 0 Å². The Morgan fingerprint density at radius 2 is 1.94 bits per heavy atom. The average Bonchev–Trinajstić information content (AvgIpc) is 2.27. The highest BCUT2D eigenvalue weighted by molar-refractivity contribution is 5.18. The first kappa shape index (κ1) is 11.1. The van der Waals surface area contributed by atoms with Crippen molar-refractivity contribution >= 4 is 0 Å². The van der Waals surface area contributed by atoms with Gasteiger partial charge in [-0.3, -0.25) is 0 Å². The highest BCUT2D eigenvalue weighted by Crippen LogP contribution is 2.36. The van der Waals surface area contributed by atoms with E-state index in [1.807, 2.05) is 0 Å². The minimum atomic E-state index is 0.530. The second-order valence-corrected chi connectivity index (χ2v) is 5.46. The Morgan fingerprint density at radius 3 is 2.59 bits per heavy atom. The third kappa shape index (κ3) is 2.34. The van der Waals surface area contributed by atoms with E-state index in [1.54, 1.807) is 0 Å². The molecule has 3 heteroatoms. The van der Waals surface area contributed by atoms with E-state index >= 15 is 0 Å². The molecule has 1 unspecified atom stereocenters. The van der Waals surface area contributed by atoms with Gasteiger partial charge in [0, 0.05) is 29.8 Å². The van der Waals surface area contributed by atoms with E-state index in [-0.39, 0.29) is 0 Å². The zero-order chi connectivity index (χ0) is 11.7. The molecule has 2 heterocycles. The topological polar surface area (TPSA) is 37.8 Å². The molecule has 1 saturated heterocycles. The minimum Gasteiger partial charge on any atom is -0.316 e. The number of piperidine rings is 1. The fraction of sp³-hybridized carbons (Fsp3) is 0.714. The Hall–Kier alpha value is -0.960. The van der Waals surface area contributed by atoms with Crippen molar-refractivity contribution in [2.75, 3.05) is 13.1 Å². The number of aromatic nitrogens is 2. The van der Waals surface area contributed by atoms with Gasteiger partial charge in [0.1, 0.15) is 5.82 Å². The fourth-order valence-corrected chi connectivity index (χ4v) is 2.78. The van der Waals surface area contributed by atoms with E-state index in [9.17, 15) is 0 Å². The molecule has 3 rings (SSSR count). The molecule has 0 bridgehead atoms. The smallest absolute Gasteiger partial charge is 0.133 e. The Kier molecular flexibility index (Phi) is 3.10. The summed E-state index contributed by atoms with van der Waals surface area (Å²) in [6.07, 6.45) is 6.49. The summed E-state index contributed by atoms with van der Waals surface area (Å²) in [6, 6.07) is 2.18. The van der Waals surface area contributed by atoms with E-state index in [1.165, 1.54) is 37.8 Å². The number of hydrogen-bond donors (Lipinski definition) is 1. The number of aryl methyl sites for hydroxylation is 1. The molecule has 0 amide bonds. The van der Waals surface area contributed by atoms with Crippen LogP contribution in [0.1, 0.15) is 61.2 Å². The lowest BCUT2D eigenvalue weighted by molar-refractivity contribution is 0.402. The molecule has 1 aliphatic heterocycles. The van der Waals surface area contributed by atoms with E-state index in [4.69, 9.17) is 4.98 Å². The van der Waals surface area contributed by atoms with Gasteiger partial charge in [-0.25, -0.2) is 9.97 Å². The summed E-state index contributed by atoms with van der Waals surface area (Å²) in [5.41, 5.74) is 2.44. The summed E-state index contributed by atoms with van der Waals surface area (Å²) >= 11 is 0. The van der Waals surface area contributed by atoms with Crippen LogP contribution in [0.25, 0.3) is 0 Å². The maximum Gasteiger partial charge on any atom is 0.133 e. The second kappa shape index (κ2) is 4.73. The van der Waals surface area contributed by atoms with Gasteiger partial charge in [0.05, 0.1) is 0 Å². The summed E-state index contributed by atoms with van der Waals surface area (Å²) in [7, 11) is 0. The monoisotopic (exact) mass is 231 g/mol. The number of nitrogens with one attached hydrogen (secondary N) is 1. The van der Waals surface area contributed by atoms with Crippen molar-refractivity contribution in [3.05, 3.63) is 23.3 Å². The SMILES string of the molecule is Cc1cc(C2CCC2)nc(C2CCCNC2)n1. The van der Waals surface area contributed by atoms with Crippen molar-refractivity contribution in [2.45, 2.75) is 50.9 Å². The maximum absolute atomic E-state index is 4.83. The summed E-state index contributed by atoms with van der Waals surface area (Å²) in [4.78, 5) is 9.48. The molecule has 0 radical (unpaired) electrons. The zero-order valence-electron chi connectivity index (χ0n) is 10.6. The molecular formula is C14H21N3. The van der Waals surface area contributed by atoms with Crippen LogP contribution in [0.3, 0.4) is 0 Å². The van der Waals surface area contributed by atoms with Gasteiger partial charge in [-0.05, 0) is 45.2 Å². The quantitative estimate of drug-likeness (QED) is 0.850. The number of hydrogen-bond acceptors (Lipinski definition) is 3. The molecule has 1 atom stereocenters. The summed E-state index contributed by atoms with van der Waals surface area (Å²) in [5, 5.41) is 3.45. The van der Waals surface area contributed by atoms with E-state index in [0.29, 0.717) is 11.8 Å². The molecule has 92 valence electrons. The summed E-state index contributed by atoms with van der Waals surface area (Å²) in [5.74, 6) is 2.33. The van der Waals surface area contributed by atoms with Crippen molar-refractivity contribution in [1.82, 2.24) is 15.3 Å². The zero-order valence-corrected chi connectivity index (χ0v) is 10.6. The number of nitrogens with zero attached hydrogens (tertiary/aromatic N) is 2. The van der Waals surface area contributed by atoms with Gasteiger partial charge in [0.25, 0.3) is 0 Å². The lowest BCUT2D eigenvalue weighted by Gasteiger charge is -2.27. The maximum atomic E-state index is 4.83. The van der Waals surface area contributed by atoms with Gasteiger partial charge in [0.2, 0.25) is 0 Å². The van der Waals surface area contributed by atoms with Crippen LogP contribution in [-0.2, 0) is 0 Å². The molecule has 1 aromatic rings. The van der Waals surface area contributed by atoms with Gasteiger partial charge in [-0.1, -0.05) is 6.42 Å². The Bertz CT molecular complexity index is 392. The Labute approximate surface area is 103 Å². The molecule has 3 nitrogen and oxygen atoms in total. The van der Waals surface area contributed by atoms with E-state index < -0.39 is 0 Å². The van der Waals surface area contributed by atoms with Crippen molar-refractivity contribution in [3.8, 4) is 0 Å². The van der Waals surface area contributed by atoms with Crippen molar-refractivity contribution < 1.29 is 0 Å². The minimum absolute atomic E-state index is 0.530. The highest BCUT2D eigenvalue weighted by atomic mass is 14.9. The van der Waals surface area contributed by atoms with Gasteiger partial charge >= 0.3 is 0 Å². The van der Waals surface area contributed by atoms with Crippen molar-refractivity contribution in [2.24, 2.45) is 0 Å². The molecular weight excluding hydrogens is 210 g/mol. The molecule has 2 aliphatic rings. The van der Waals surface area contributed by atoms with Gasteiger partial charge in [0.15, 0.2) is 0 Å². The lowest BCUT2D eigenvalue weighted by atomic mass is 9.82. The van der Waals surface area contributed by atoms with Crippen LogP contribution in [-0.4, -0.2) is 23.1 Å². The average molecular weight is 231 g/mol. The van der Waals surface area contributed by atoms with Crippen LogP contribution in [0.4, 0.5) is 0 Å². The molecule has 1 saturated carbocycles. The van der Waals surface area contributed by atoms with Gasteiger partial charge < -0.3 is 5.32 Å². The lowest BCUT2D eigenvalue weighted by Crippen LogP contribution is -2.30. The van der Waals surface area contributed by atoms with Crippen LogP contribution in [0.2, 0.25) is 0 Å². The largest absolute Gasteiger partial charge is 0.316 e. The number of rotatable bonds is 2. The first-order chi connectivity index (χ1) is 8.33. The predicted octanol–water partition coefficient (Wildman–Crippen LogP) is 2.52. The predicted molar refractivity (Wildman–Crippen MR) is 68.2 cm³/mol. The van der Waals surface area contributed by atoms with E-state index in [0.717, 1.165) is 24.6 Å². The van der Waals surface area contributed by atoms with Crippen molar-refractivity contribution in [3.63, 3.8) is 0 Å². The Balaban J connectivity index is 1.84. The van der Waals surface area contributed by atoms with Crippen LogP contribution < -0.4 is 5.32 Å². The highest BCUT2D eigenvalue weighted by Gasteiger charge is 2.24. The van der Waals surface area contributed by atoms with Crippen LogP contribution in [0.15, 0.2) is 6.07 Å². The molecule has 2 fully saturated rings. The summed E-state index contributed by atoms with van der Waals surface area (Å²) < 4.78 is 0. The van der Waals surface area contributed by atoms with Crippen LogP contribution in [0, 0.1) is 6.92 Å². The van der Waals surface area contributed by atoms with E-state index in [2.05, 4.69) is 23.3 Å². The molecule has 0 aromatic carbocycles. The third-order valence-corrected chi connectivity index (χ3v) is 4.08.